The molecule has 3 nitrogen and oxygen atoms in total. The minimum absolute atomic E-state index is 0.0486. The number of aromatic nitrogens is 3. The third-order valence-electron chi connectivity index (χ3n) is 9.75. The predicted octanol–water partition coefficient (Wildman–Crippen LogP) is 10.8. The molecule has 0 unspecified atom stereocenters. The Bertz CT molecular complexity index is 2650. The van der Waals surface area contributed by atoms with Gasteiger partial charge in [-0.15, -0.1) is 11.3 Å². The molecule has 4 aromatic heterocycles. The Hall–Kier alpha value is -5.19. The number of benzene rings is 5. The van der Waals surface area contributed by atoms with Crippen molar-refractivity contribution in [1.82, 2.24) is 14.2 Å². The van der Waals surface area contributed by atoms with E-state index in [-0.39, 0.29) is 5.41 Å². The average Bonchev–Trinajstić information content (AvgIpc) is 3.77. The normalized spacial score (nSPS) is 13.9. The average molecular weight is 582 g/mol. The standard InChI is InChI=1S/C40H27N3S/c1-40(2)32-17-6-3-13-27(32)30-23-35-31(22-33(30)40)37-29-15-5-8-19-36(29)44-39(37)43(35)25-12-9-11-24(21-25)26-16-10-20-42-38(26)28-14-4-7-18-34(28)41-42/h3-23H,1-2H3. The van der Waals surface area contributed by atoms with Crippen LogP contribution >= 0.6 is 11.3 Å². The Balaban J connectivity index is 1.29. The van der Waals surface area contributed by atoms with Crippen LogP contribution in [0.2, 0.25) is 0 Å². The van der Waals surface area contributed by atoms with Gasteiger partial charge in [-0.1, -0.05) is 92.7 Å². The number of pyridine rings is 1. The molecule has 4 heteroatoms. The first-order chi connectivity index (χ1) is 21.6. The Morgan fingerprint density at radius 2 is 1.43 bits per heavy atom. The molecule has 0 amide bonds. The van der Waals surface area contributed by atoms with E-state index in [1.54, 1.807) is 0 Å². The van der Waals surface area contributed by atoms with Gasteiger partial charge in [0, 0.05) is 49.1 Å². The van der Waals surface area contributed by atoms with Gasteiger partial charge in [-0.2, -0.15) is 5.10 Å². The molecule has 0 aliphatic heterocycles. The molecule has 0 N–H and O–H groups in total. The Labute approximate surface area is 258 Å². The van der Waals surface area contributed by atoms with E-state index in [1.807, 2.05) is 22.0 Å². The van der Waals surface area contributed by atoms with Crippen molar-refractivity contribution in [2.75, 3.05) is 0 Å². The Morgan fingerprint density at radius 1 is 0.636 bits per heavy atom. The molecule has 0 radical (unpaired) electrons. The Morgan fingerprint density at radius 3 is 2.36 bits per heavy atom. The van der Waals surface area contributed by atoms with Crippen LogP contribution in [0.5, 0.6) is 0 Å². The minimum atomic E-state index is -0.0486. The summed E-state index contributed by atoms with van der Waals surface area (Å²) in [4.78, 5) is 1.29. The van der Waals surface area contributed by atoms with E-state index < -0.39 is 0 Å². The van der Waals surface area contributed by atoms with Crippen molar-refractivity contribution >= 4 is 59.0 Å². The van der Waals surface area contributed by atoms with Gasteiger partial charge in [-0.05, 0) is 70.3 Å². The zero-order chi connectivity index (χ0) is 29.2. The first-order valence-corrected chi connectivity index (χ1v) is 16.0. The smallest absolute Gasteiger partial charge is 0.109 e. The van der Waals surface area contributed by atoms with Crippen molar-refractivity contribution in [3.63, 3.8) is 0 Å². The quantitative estimate of drug-likeness (QED) is 0.199. The maximum atomic E-state index is 4.86. The van der Waals surface area contributed by atoms with Crippen molar-refractivity contribution in [3.05, 3.63) is 139 Å². The van der Waals surface area contributed by atoms with Crippen LogP contribution in [-0.4, -0.2) is 14.2 Å². The molecule has 0 bridgehead atoms. The van der Waals surface area contributed by atoms with Crippen molar-refractivity contribution in [2.24, 2.45) is 0 Å². The molecule has 10 rings (SSSR count). The topological polar surface area (TPSA) is 22.2 Å². The third kappa shape index (κ3) is 3.08. The molecule has 5 aromatic carbocycles. The fourth-order valence-corrected chi connectivity index (χ4v) is 8.96. The molecule has 0 atom stereocenters. The van der Waals surface area contributed by atoms with Gasteiger partial charge in [0.25, 0.3) is 0 Å². The summed E-state index contributed by atoms with van der Waals surface area (Å²) in [6.07, 6.45) is 2.04. The van der Waals surface area contributed by atoms with Crippen molar-refractivity contribution in [3.8, 4) is 27.9 Å². The summed E-state index contributed by atoms with van der Waals surface area (Å²) in [5, 5.41) is 10.0. The van der Waals surface area contributed by atoms with Gasteiger partial charge in [0.1, 0.15) is 4.83 Å². The maximum absolute atomic E-state index is 4.86. The van der Waals surface area contributed by atoms with Gasteiger partial charge in [0.05, 0.1) is 16.6 Å². The number of hydrogen-bond acceptors (Lipinski definition) is 2. The summed E-state index contributed by atoms with van der Waals surface area (Å²) in [7, 11) is 0. The highest BCUT2D eigenvalue weighted by atomic mass is 32.1. The molecular weight excluding hydrogens is 555 g/mol. The third-order valence-corrected chi connectivity index (χ3v) is 10.9. The van der Waals surface area contributed by atoms with Gasteiger partial charge in [-0.3, -0.25) is 0 Å². The van der Waals surface area contributed by atoms with Crippen LogP contribution in [0, 0.1) is 0 Å². The molecule has 0 saturated heterocycles. The van der Waals surface area contributed by atoms with E-state index in [1.165, 1.54) is 75.7 Å². The van der Waals surface area contributed by atoms with E-state index in [4.69, 9.17) is 5.10 Å². The van der Waals surface area contributed by atoms with E-state index in [9.17, 15) is 0 Å². The fraction of sp³-hybridized carbons (Fsp3) is 0.0750. The molecular formula is C40H27N3S. The first-order valence-electron chi connectivity index (χ1n) is 15.1. The second-order valence-electron chi connectivity index (χ2n) is 12.5. The molecule has 4 heterocycles. The molecule has 1 aliphatic rings. The molecule has 1 aliphatic carbocycles. The van der Waals surface area contributed by atoms with Crippen LogP contribution in [0.25, 0.3) is 75.6 Å². The number of hydrogen-bond donors (Lipinski definition) is 0. The van der Waals surface area contributed by atoms with Crippen LogP contribution in [0.1, 0.15) is 25.0 Å². The lowest BCUT2D eigenvalue weighted by Crippen LogP contribution is -2.14. The predicted molar refractivity (Wildman–Crippen MR) is 185 cm³/mol. The summed E-state index contributed by atoms with van der Waals surface area (Å²) >= 11 is 1.89. The zero-order valence-electron chi connectivity index (χ0n) is 24.4. The summed E-state index contributed by atoms with van der Waals surface area (Å²) in [6.45, 7) is 4.74. The van der Waals surface area contributed by atoms with Crippen molar-refractivity contribution in [2.45, 2.75) is 19.3 Å². The highest BCUT2D eigenvalue weighted by Gasteiger charge is 2.36. The minimum Gasteiger partial charge on any atom is -0.301 e. The fourth-order valence-electron chi connectivity index (χ4n) is 7.71. The van der Waals surface area contributed by atoms with Crippen LogP contribution in [0.15, 0.2) is 128 Å². The van der Waals surface area contributed by atoms with Crippen molar-refractivity contribution in [1.29, 1.82) is 0 Å². The maximum Gasteiger partial charge on any atom is 0.109 e. The molecule has 44 heavy (non-hydrogen) atoms. The second kappa shape index (κ2) is 8.46. The Kier molecular flexibility index (Phi) is 4.67. The van der Waals surface area contributed by atoms with E-state index >= 15 is 0 Å². The van der Waals surface area contributed by atoms with Crippen LogP contribution < -0.4 is 0 Å². The van der Waals surface area contributed by atoms with Gasteiger partial charge in [0.15, 0.2) is 0 Å². The lowest BCUT2D eigenvalue weighted by Gasteiger charge is -2.21. The highest BCUT2D eigenvalue weighted by molar-refractivity contribution is 7.25. The monoisotopic (exact) mass is 581 g/mol. The first kappa shape index (κ1) is 24.3. The van der Waals surface area contributed by atoms with Gasteiger partial charge in [0.2, 0.25) is 0 Å². The lowest BCUT2D eigenvalue weighted by atomic mass is 9.82. The van der Waals surface area contributed by atoms with E-state index in [0.717, 1.165) is 11.0 Å². The largest absolute Gasteiger partial charge is 0.301 e. The molecule has 0 fully saturated rings. The summed E-state index contributed by atoms with van der Waals surface area (Å²) in [5.74, 6) is 0. The zero-order valence-corrected chi connectivity index (χ0v) is 25.2. The number of nitrogens with zero attached hydrogens (tertiary/aromatic N) is 3. The SMILES string of the molecule is CC1(C)c2ccccc2-c2cc3c(cc21)c1c2ccccc2sc1n3-c1cccc(-c2cccn3nc4ccccc4c23)c1. The van der Waals surface area contributed by atoms with Crippen LogP contribution in [0.3, 0.4) is 0 Å². The number of rotatable bonds is 2. The van der Waals surface area contributed by atoms with Gasteiger partial charge >= 0.3 is 0 Å². The second-order valence-corrected chi connectivity index (χ2v) is 13.5. The highest BCUT2D eigenvalue weighted by Crippen LogP contribution is 2.52. The molecule has 0 spiro atoms. The van der Waals surface area contributed by atoms with Crippen LogP contribution in [-0.2, 0) is 5.41 Å². The summed E-state index contributed by atoms with van der Waals surface area (Å²) in [5.41, 5.74) is 12.4. The molecule has 208 valence electrons. The van der Waals surface area contributed by atoms with Gasteiger partial charge in [-0.25, -0.2) is 4.52 Å². The van der Waals surface area contributed by atoms with Crippen LogP contribution in [0.4, 0.5) is 0 Å². The number of fused-ring (bicyclic) bond motifs is 11. The van der Waals surface area contributed by atoms with Gasteiger partial charge < -0.3 is 4.57 Å². The molecule has 0 saturated carbocycles. The summed E-state index contributed by atoms with van der Waals surface area (Å²) in [6, 6.07) is 44.5. The number of thiophene rings is 1. The van der Waals surface area contributed by atoms with Crippen molar-refractivity contribution < 1.29 is 0 Å². The van der Waals surface area contributed by atoms with E-state index in [2.05, 4.69) is 140 Å². The molecule has 9 aromatic rings. The van der Waals surface area contributed by atoms with E-state index in [0.29, 0.717) is 0 Å². The lowest BCUT2D eigenvalue weighted by molar-refractivity contribution is 0.661. The summed E-state index contributed by atoms with van der Waals surface area (Å²) < 4.78 is 5.84.